The molecule has 0 saturated carbocycles. The maximum absolute atomic E-state index is 15.4. The summed E-state index contributed by atoms with van der Waals surface area (Å²) in [6, 6.07) is 17.3. The zero-order valence-electron chi connectivity index (χ0n) is 21.2. The van der Waals surface area contributed by atoms with Gasteiger partial charge in [-0.2, -0.15) is 0 Å². The molecule has 2 aromatic carbocycles. The SMILES string of the molecule is Cc1ccc(NC(=O)Nc2cccc(CN3C[C@@H](C)N(C(=O)O)[C@@](C)(Cc4ccccc4)C3)c2F)cn1. The lowest BCUT2D eigenvalue weighted by atomic mass is 9.86. The van der Waals surface area contributed by atoms with Crippen LogP contribution < -0.4 is 10.6 Å². The van der Waals surface area contributed by atoms with E-state index in [1.807, 2.05) is 51.1 Å². The molecule has 0 radical (unpaired) electrons. The van der Waals surface area contributed by atoms with Crippen molar-refractivity contribution in [2.24, 2.45) is 0 Å². The van der Waals surface area contributed by atoms with Crippen LogP contribution >= 0.6 is 0 Å². The summed E-state index contributed by atoms with van der Waals surface area (Å²) in [6.45, 7) is 6.85. The summed E-state index contributed by atoms with van der Waals surface area (Å²) in [5, 5.41) is 15.2. The number of urea groups is 1. The first-order valence-electron chi connectivity index (χ1n) is 12.2. The number of aryl methyl sites for hydroxylation is 1. The van der Waals surface area contributed by atoms with Crippen LogP contribution in [0.15, 0.2) is 66.9 Å². The lowest BCUT2D eigenvalue weighted by Gasteiger charge is -2.51. The van der Waals surface area contributed by atoms with Gasteiger partial charge in [0.1, 0.15) is 0 Å². The number of pyridine rings is 1. The lowest BCUT2D eigenvalue weighted by molar-refractivity contribution is -0.0185. The highest BCUT2D eigenvalue weighted by molar-refractivity contribution is 5.99. The number of aromatic nitrogens is 1. The van der Waals surface area contributed by atoms with E-state index in [1.165, 1.54) is 17.2 Å². The molecule has 1 fully saturated rings. The molecule has 9 heteroatoms. The Kier molecular flexibility index (Phi) is 7.73. The highest BCUT2D eigenvalue weighted by atomic mass is 19.1. The van der Waals surface area contributed by atoms with Gasteiger partial charge in [-0.25, -0.2) is 14.0 Å². The van der Waals surface area contributed by atoms with E-state index in [0.29, 0.717) is 30.8 Å². The standard InChI is InChI=1S/C28H32FN5O3/c1-19-12-13-23(15-30-19)31-26(35)32-24-11-7-10-22(25(24)29)17-33-16-20(2)34(27(36)37)28(3,18-33)14-21-8-5-4-6-9-21/h4-13,15,20H,14,16-18H2,1-3H3,(H,36,37)(H2,31,32,35)/t20-,28+/m1/s1. The number of nitrogens with one attached hydrogen (secondary N) is 2. The average Bonchev–Trinajstić information content (AvgIpc) is 2.83. The average molecular weight is 506 g/mol. The fourth-order valence-electron chi connectivity index (χ4n) is 5.19. The van der Waals surface area contributed by atoms with Gasteiger partial charge in [-0.05, 0) is 51.0 Å². The van der Waals surface area contributed by atoms with Crippen LogP contribution in [-0.2, 0) is 13.0 Å². The van der Waals surface area contributed by atoms with E-state index in [4.69, 9.17) is 0 Å². The highest BCUT2D eigenvalue weighted by Gasteiger charge is 2.44. The first kappa shape index (κ1) is 26.1. The molecular formula is C28H32FN5O3. The Morgan fingerprint density at radius 2 is 1.86 bits per heavy atom. The number of rotatable bonds is 6. The minimum absolute atomic E-state index is 0.0688. The second-order valence-corrected chi connectivity index (χ2v) is 9.88. The maximum Gasteiger partial charge on any atom is 0.408 e. The van der Waals surface area contributed by atoms with Crippen molar-refractivity contribution in [1.82, 2.24) is 14.8 Å². The van der Waals surface area contributed by atoms with Gasteiger partial charge in [0.2, 0.25) is 0 Å². The van der Waals surface area contributed by atoms with Crippen LogP contribution in [0.5, 0.6) is 0 Å². The van der Waals surface area contributed by atoms with Crippen molar-refractivity contribution < 1.29 is 19.1 Å². The largest absolute Gasteiger partial charge is 0.465 e. The van der Waals surface area contributed by atoms with Gasteiger partial charge < -0.3 is 15.7 Å². The molecule has 1 saturated heterocycles. The number of hydrogen-bond acceptors (Lipinski definition) is 4. The fraction of sp³-hybridized carbons (Fsp3) is 0.321. The molecule has 3 aromatic rings. The van der Waals surface area contributed by atoms with E-state index in [2.05, 4.69) is 20.5 Å². The molecule has 3 N–H and O–H groups in total. The van der Waals surface area contributed by atoms with Crippen LogP contribution in [0.3, 0.4) is 0 Å². The van der Waals surface area contributed by atoms with E-state index < -0.39 is 23.5 Å². The molecule has 8 nitrogen and oxygen atoms in total. The number of hydrogen-bond donors (Lipinski definition) is 3. The molecule has 194 valence electrons. The summed E-state index contributed by atoms with van der Waals surface area (Å²) in [5.41, 5.74) is 2.16. The summed E-state index contributed by atoms with van der Waals surface area (Å²) in [7, 11) is 0. The van der Waals surface area contributed by atoms with Crippen molar-refractivity contribution >= 4 is 23.5 Å². The minimum Gasteiger partial charge on any atom is -0.465 e. The Morgan fingerprint density at radius 1 is 1.11 bits per heavy atom. The predicted molar refractivity (Wildman–Crippen MR) is 141 cm³/mol. The summed E-state index contributed by atoms with van der Waals surface area (Å²) >= 11 is 0. The van der Waals surface area contributed by atoms with E-state index in [-0.39, 0.29) is 18.3 Å². The molecule has 0 spiro atoms. The summed E-state index contributed by atoms with van der Waals surface area (Å²) in [4.78, 5) is 32.3. The van der Waals surface area contributed by atoms with Crippen molar-refractivity contribution in [3.8, 4) is 0 Å². The summed E-state index contributed by atoms with van der Waals surface area (Å²) in [5.74, 6) is -0.516. The monoisotopic (exact) mass is 505 g/mol. The molecule has 1 aliphatic heterocycles. The maximum atomic E-state index is 15.4. The van der Waals surface area contributed by atoms with E-state index in [1.54, 1.807) is 24.3 Å². The van der Waals surface area contributed by atoms with Crippen LogP contribution in [0.1, 0.15) is 30.7 Å². The highest BCUT2D eigenvalue weighted by Crippen LogP contribution is 2.31. The molecule has 3 amide bonds. The number of carbonyl (C=O) groups is 2. The topological polar surface area (TPSA) is 97.8 Å². The van der Waals surface area contributed by atoms with Gasteiger partial charge in [-0.3, -0.25) is 14.8 Å². The molecule has 2 atom stereocenters. The van der Waals surface area contributed by atoms with Crippen LogP contribution in [0, 0.1) is 12.7 Å². The summed E-state index contributed by atoms with van der Waals surface area (Å²) in [6.07, 6.45) is 1.11. The van der Waals surface area contributed by atoms with Gasteiger partial charge in [-0.15, -0.1) is 0 Å². The van der Waals surface area contributed by atoms with Crippen LogP contribution in [-0.4, -0.2) is 56.7 Å². The van der Waals surface area contributed by atoms with Gasteiger partial charge in [0.25, 0.3) is 0 Å². The number of piperazine rings is 1. The quantitative estimate of drug-likeness (QED) is 0.419. The lowest BCUT2D eigenvalue weighted by Crippen LogP contribution is -2.66. The predicted octanol–water partition coefficient (Wildman–Crippen LogP) is 5.36. The Hall–Kier alpha value is -3.98. The Labute approximate surface area is 216 Å². The Bertz CT molecular complexity index is 1250. The van der Waals surface area contributed by atoms with Gasteiger partial charge in [0.15, 0.2) is 5.82 Å². The van der Waals surface area contributed by atoms with Crippen LogP contribution in [0.2, 0.25) is 0 Å². The third-order valence-corrected chi connectivity index (χ3v) is 6.63. The zero-order chi connectivity index (χ0) is 26.6. The van der Waals surface area contributed by atoms with Crippen molar-refractivity contribution in [1.29, 1.82) is 0 Å². The second-order valence-electron chi connectivity index (χ2n) is 9.88. The van der Waals surface area contributed by atoms with E-state index >= 15 is 4.39 Å². The minimum atomic E-state index is -0.960. The van der Waals surface area contributed by atoms with E-state index in [0.717, 1.165) is 11.3 Å². The molecule has 1 aromatic heterocycles. The molecule has 0 aliphatic carbocycles. The molecule has 4 rings (SSSR count). The van der Waals surface area contributed by atoms with Crippen molar-refractivity contribution in [2.45, 2.75) is 45.3 Å². The van der Waals surface area contributed by atoms with Crippen molar-refractivity contribution in [2.75, 3.05) is 23.7 Å². The van der Waals surface area contributed by atoms with Gasteiger partial charge in [0.05, 0.1) is 23.1 Å². The second kappa shape index (κ2) is 11.0. The number of anilines is 2. The Morgan fingerprint density at radius 3 is 2.54 bits per heavy atom. The third kappa shape index (κ3) is 6.24. The molecule has 2 heterocycles. The number of nitrogens with zero attached hydrogens (tertiary/aromatic N) is 3. The normalized spacial score (nSPS) is 19.9. The molecule has 0 bridgehead atoms. The van der Waals surface area contributed by atoms with Gasteiger partial charge >= 0.3 is 12.1 Å². The number of carbonyl (C=O) groups excluding carboxylic acids is 1. The fourth-order valence-corrected chi connectivity index (χ4v) is 5.19. The van der Waals surface area contributed by atoms with Gasteiger partial charge in [-0.1, -0.05) is 42.5 Å². The first-order chi connectivity index (χ1) is 17.6. The van der Waals surface area contributed by atoms with E-state index in [9.17, 15) is 14.7 Å². The van der Waals surface area contributed by atoms with Crippen molar-refractivity contribution in [3.05, 3.63) is 89.5 Å². The van der Waals surface area contributed by atoms with Crippen molar-refractivity contribution in [3.63, 3.8) is 0 Å². The molecule has 37 heavy (non-hydrogen) atoms. The Balaban J connectivity index is 1.49. The zero-order valence-corrected chi connectivity index (χ0v) is 21.2. The van der Waals surface area contributed by atoms with Crippen LogP contribution in [0.25, 0.3) is 0 Å². The van der Waals surface area contributed by atoms with Crippen LogP contribution in [0.4, 0.5) is 25.4 Å². The number of amides is 3. The smallest absolute Gasteiger partial charge is 0.408 e. The molecule has 0 unspecified atom stereocenters. The first-order valence-corrected chi connectivity index (χ1v) is 12.2. The molecule has 1 aliphatic rings. The number of benzene rings is 2. The molecular weight excluding hydrogens is 473 g/mol. The number of halogens is 1. The number of carboxylic acid groups (broad SMARTS) is 1. The van der Waals surface area contributed by atoms with Gasteiger partial charge in [0, 0.05) is 36.9 Å². The summed E-state index contributed by atoms with van der Waals surface area (Å²) < 4.78 is 15.4. The third-order valence-electron chi connectivity index (χ3n) is 6.63.